The van der Waals surface area contributed by atoms with Crippen LogP contribution in [0.15, 0.2) is 72.0 Å². The van der Waals surface area contributed by atoms with Crippen LogP contribution >= 0.6 is 0 Å². The second-order valence-electron chi connectivity index (χ2n) is 8.09. The highest BCUT2D eigenvalue weighted by Crippen LogP contribution is 2.28. The first-order chi connectivity index (χ1) is 16.8. The number of pyridine rings is 1. The zero-order chi connectivity index (χ0) is 24.8. The maximum atomic E-state index is 12.4. The number of alkyl halides is 3. The van der Waals surface area contributed by atoms with Gasteiger partial charge in [-0.25, -0.2) is 0 Å². The van der Waals surface area contributed by atoms with E-state index >= 15 is 0 Å². The molecular formula is C26H25F3N2O4. The fourth-order valence-electron chi connectivity index (χ4n) is 3.83. The first-order valence-corrected chi connectivity index (χ1v) is 11.1. The van der Waals surface area contributed by atoms with Crippen LogP contribution in [0, 0.1) is 0 Å². The molecule has 0 radical (unpaired) electrons. The molecule has 35 heavy (non-hydrogen) atoms. The van der Waals surface area contributed by atoms with Crippen LogP contribution in [0.3, 0.4) is 0 Å². The Morgan fingerprint density at radius 3 is 2.34 bits per heavy atom. The fourth-order valence-corrected chi connectivity index (χ4v) is 3.83. The van der Waals surface area contributed by atoms with Crippen LogP contribution in [-0.4, -0.2) is 43.2 Å². The lowest BCUT2D eigenvalue weighted by molar-refractivity contribution is -0.274. The highest BCUT2D eigenvalue weighted by atomic mass is 19.4. The summed E-state index contributed by atoms with van der Waals surface area (Å²) in [5, 5.41) is 4.05. The number of rotatable bonds is 7. The first-order valence-electron chi connectivity index (χ1n) is 11.1. The fraction of sp³-hybridized carbons (Fsp3) is 0.308. The molecule has 1 fully saturated rings. The van der Waals surface area contributed by atoms with Gasteiger partial charge in [0.1, 0.15) is 5.75 Å². The predicted octanol–water partition coefficient (Wildman–Crippen LogP) is 6.20. The molecule has 3 atom stereocenters. The molecule has 2 heterocycles. The Bertz CT molecular complexity index is 1130. The van der Waals surface area contributed by atoms with E-state index < -0.39 is 12.7 Å². The summed E-state index contributed by atoms with van der Waals surface area (Å²) in [4.78, 5) is 9.81. The van der Waals surface area contributed by atoms with E-state index in [0.29, 0.717) is 17.7 Å². The van der Waals surface area contributed by atoms with Crippen molar-refractivity contribution in [1.29, 1.82) is 0 Å². The Labute approximate surface area is 201 Å². The van der Waals surface area contributed by atoms with Gasteiger partial charge < -0.3 is 19.0 Å². The van der Waals surface area contributed by atoms with Crippen LogP contribution < -0.4 is 4.74 Å². The van der Waals surface area contributed by atoms with E-state index in [2.05, 4.69) is 14.9 Å². The Hall–Kier alpha value is -3.43. The van der Waals surface area contributed by atoms with Crippen molar-refractivity contribution in [2.45, 2.75) is 44.6 Å². The Kier molecular flexibility index (Phi) is 7.67. The van der Waals surface area contributed by atoms with E-state index in [1.54, 1.807) is 31.7 Å². The minimum Gasteiger partial charge on any atom is -0.406 e. The van der Waals surface area contributed by atoms with Crippen LogP contribution in [-0.2, 0) is 14.3 Å². The van der Waals surface area contributed by atoms with Crippen molar-refractivity contribution in [2.75, 3.05) is 7.11 Å². The molecule has 6 nitrogen and oxygen atoms in total. The highest BCUT2D eigenvalue weighted by Gasteiger charge is 2.31. The molecule has 9 heteroatoms. The number of benzene rings is 2. The molecule has 1 aromatic heterocycles. The summed E-state index contributed by atoms with van der Waals surface area (Å²) in [5.74, 6) is -0.276. The third-order valence-corrected chi connectivity index (χ3v) is 5.65. The summed E-state index contributed by atoms with van der Waals surface area (Å²) >= 11 is 0. The molecule has 4 rings (SSSR count). The van der Waals surface area contributed by atoms with Gasteiger partial charge in [0.25, 0.3) is 0 Å². The maximum absolute atomic E-state index is 12.4. The average molecular weight is 486 g/mol. The Balaban J connectivity index is 1.38. The van der Waals surface area contributed by atoms with Gasteiger partial charge in [0.15, 0.2) is 0 Å². The van der Waals surface area contributed by atoms with Crippen molar-refractivity contribution in [3.63, 3.8) is 0 Å². The second kappa shape index (κ2) is 10.9. The molecular weight excluding hydrogens is 461 g/mol. The van der Waals surface area contributed by atoms with Gasteiger partial charge >= 0.3 is 6.36 Å². The number of ether oxygens (including phenoxy) is 3. The van der Waals surface area contributed by atoms with E-state index in [1.807, 2.05) is 43.3 Å². The predicted molar refractivity (Wildman–Crippen MR) is 125 cm³/mol. The van der Waals surface area contributed by atoms with Gasteiger partial charge in [-0.3, -0.25) is 4.98 Å². The first kappa shape index (κ1) is 24.7. The minimum absolute atomic E-state index is 0.0513. The third kappa shape index (κ3) is 6.80. The van der Waals surface area contributed by atoms with Crippen molar-refractivity contribution < 1.29 is 32.2 Å². The zero-order valence-corrected chi connectivity index (χ0v) is 19.2. The molecule has 1 saturated heterocycles. The summed E-state index contributed by atoms with van der Waals surface area (Å²) in [7, 11) is 1.68. The van der Waals surface area contributed by atoms with E-state index in [4.69, 9.17) is 14.3 Å². The lowest BCUT2D eigenvalue weighted by atomic mass is 10.0. The number of hydrogen-bond donors (Lipinski definition) is 0. The number of aromatic nitrogens is 1. The lowest BCUT2D eigenvalue weighted by Gasteiger charge is -2.31. The molecule has 3 aromatic rings. The van der Waals surface area contributed by atoms with Gasteiger partial charge in [-0.2, -0.15) is 0 Å². The van der Waals surface area contributed by atoms with Crippen molar-refractivity contribution in [2.24, 2.45) is 5.16 Å². The van der Waals surface area contributed by atoms with E-state index in [-0.39, 0.29) is 18.0 Å². The molecule has 0 saturated carbocycles. The zero-order valence-electron chi connectivity index (χ0n) is 19.2. The maximum Gasteiger partial charge on any atom is 0.573 e. The molecule has 2 unspecified atom stereocenters. The van der Waals surface area contributed by atoms with E-state index in [0.717, 1.165) is 23.1 Å². The van der Waals surface area contributed by atoms with Gasteiger partial charge in [-0.15, -0.1) is 13.2 Å². The number of methoxy groups -OCH3 is 1. The smallest absolute Gasteiger partial charge is 0.406 e. The summed E-state index contributed by atoms with van der Waals surface area (Å²) in [6.07, 6.45) is -0.244. The van der Waals surface area contributed by atoms with E-state index in [1.165, 1.54) is 12.1 Å². The number of hydrogen-bond acceptors (Lipinski definition) is 6. The molecule has 1 aliphatic rings. The third-order valence-electron chi connectivity index (χ3n) is 5.65. The summed E-state index contributed by atoms with van der Waals surface area (Å²) in [6.45, 7) is 1.95. The van der Waals surface area contributed by atoms with Gasteiger partial charge in [0.2, 0.25) is 6.29 Å². The SMILES string of the molecule is COC1CCC(O/N=C/c2ccc(-c3ccnc(-c4ccc(OC(F)(F)F)cc4)c3)cc2)O[C@H]1C. The number of oxime groups is 1. The summed E-state index contributed by atoms with van der Waals surface area (Å²) in [6, 6.07) is 17.1. The van der Waals surface area contributed by atoms with Crippen LogP contribution in [0.5, 0.6) is 5.75 Å². The lowest BCUT2D eigenvalue weighted by Crippen LogP contribution is -2.38. The number of halogens is 3. The van der Waals surface area contributed by atoms with Crippen LogP contribution in [0.1, 0.15) is 25.3 Å². The monoisotopic (exact) mass is 486 g/mol. The summed E-state index contributed by atoms with van der Waals surface area (Å²) in [5.41, 5.74) is 4.05. The molecule has 0 spiro atoms. The van der Waals surface area contributed by atoms with Crippen LogP contribution in [0.4, 0.5) is 13.2 Å². The van der Waals surface area contributed by atoms with Gasteiger partial charge in [0, 0.05) is 25.3 Å². The van der Waals surface area contributed by atoms with Gasteiger partial charge in [-0.05, 0) is 66.4 Å². The van der Waals surface area contributed by atoms with Gasteiger partial charge in [-0.1, -0.05) is 29.4 Å². The molecule has 0 N–H and O–H groups in total. The second-order valence-corrected chi connectivity index (χ2v) is 8.09. The van der Waals surface area contributed by atoms with Crippen LogP contribution in [0.25, 0.3) is 22.4 Å². The van der Waals surface area contributed by atoms with Crippen molar-refractivity contribution in [3.8, 4) is 28.1 Å². The molecule has 184 valence electrons. The average Bonchev–Trinajstić information content (AvgIpc) is 2.84. The van der Waals surface area contributed by atoms with Gasteiger partial charge in [0.05, 0.1) is 24.1 Å². The Morgan fingerprint density at radius 2 is 1.69 bits per heavy atom. The van der Waals surface area contributed by atoms with Crippen molar-refractivity contribution in [1.82, 2.24) is 4.98 Å². The summed E-state index contributed by atoms with van der Waals surface area (Å²) < 4.78 is 52.1. The topological polar surface area (TPSA) is 62.2 Å². The standard InChI is InChI=1S/C26H25F3N2O4/c1-17-24(32-2)11-12-25(33-17)35-31-16-18-3-5-19(6-4-18)21-13-14-30-23(15-21)20-7-9-22(10-8-20)34-26(27,28)29/h3-10,13-17,24-25H,11-12H2,1-2H3/b31-16+/t17-,24?,25?/m0/s1. The quantitative estimate of drug-likeness (QED) is 0.294. The molecule has 1 aliphatic heterocycles. The number of nitrogens with zero attached hydrogens (tertiary/aromatic N) is 2. The highest BCUT2D eigenvalue weighted by molar-refractivity contribution is 5.81. The molecule has 0 bridgehead atoms. The van der Waals surface area contributed by atoms with E-state index in [9.17, 15) is 13.2 Å². The largest absolute Gasteiger partial charge is 0.573 e. The Morgan fingerprint density at radius 1 is 0.971 bits per heavy atom. The van der Waals surface area contributed by atoms with Crippen molar-refractivity contribution >= 4 is 6.21 Å². The molecule has 0 aliphatic carbocycles. The minimum atomic E-state index is -4.72. The molecule has 2 aromatic carbocycles. The van der Waals surface area contributed by atoms with Crippen LogP contribution in [0.2, 0.25) is 0 Å². The van der Waals surface area contributed by atoms with Crippen molar-refractivity contribution in [3.05, 3.63) is 72.4 Å². The molecule has 0 amide bonds. The normalized spacial score (nSPS) is 20.7.